The van der Waals surface area contributed by atoms with Crippen LogP contribution in [0.2, 0.25) is 0 Å². The molecule has 0 unspecified atom stereocenters. The first-order valence-corrected chi connectivity index (χ1v) is 6.22. The lowest BCUT2D eigenvalue weighted by Crippen LogP contribution is -2.33. The van der Waals surface area contributed by atoms with Gasteiger partial charge < -0.3 is 20.6 Å². The summed E-state index contributed by atoms with van der Waals surface area (Å²) in [5.41, 5.74) is 5.85. The van der Waals surface area contributed by atoms with Gasteiger partial charge >= 0.3 is 0 Å². The van der Waals surface area contributed by atoms with Crippen molar-refractivity contribution in [1.82, 2.24) is 14.4 Å². The van der Waals surface area contributed by atoms with E-state index >= 15 is 0 Å². The molecule has 18 heavy (non-hydrogen) atoms. The molecule has 0 saturated heterocycles. The maximum atomic E-state index is 10.3. The van der Waals surface area contributed by atoms with E-state index < -0.39 is 5.60 Å². The van der Waals surface area contributed by atoms with E-state index in [2.05, 4.69) is 15.3 Å². The van der Waals surface area contributed by atoms with Gasteiger partial charge in [0.25, 0.3) is 0 Å². The van der Waals surface area contributed by atoms with Crippen molar-refractivity contribution in [2.45, 2.75) is 31.3 Å². The molecular formula is C12H17N5O. The largest absolute Gasteiger partial charge is 0.388 e. The molecule has 3 rings (SSSR count). The third-order valence-corrected chi connectivity index (χ3v) is 3.51. The van der Waals surface area contributed by atoms with Crippen LogP contribution in [0.1, 0.15) is 25.7 Å². The molecule has 0 radical (unpaired) electrons. The molecule has 0 bridgehead atoms. The Hall–Kier alpha value is -1.82. The Morgan fingerprint density at radius 1 is 1.44 bits per heavy atom. The van der Waals surface area contributed by atoms with Gasteiger partial charge in [-0.1, -0.05) is 12.8 Å². The average Bonchev–Trinajstić information content (AvgIpc) is 2.95. The number of imidazole rings is 1. The zero-order valence-electron chi connectivity index (χ0n) is 10.1. The number of aliphatic hydroxyl groups is 1. The minimum Gasteiger partial charge on any atom is -0.388 e. The van der Waals surface area contributed by atoms with E-state index in [4.69, 9.17) is 5.73 Å². The molecule has 0 aromatic carbocycles. The van der Waals surface area contributed by atoms with Gasteiger partial charge in [0.05, 0.1) is 11.8 Å². The molecule has 6 nitrogen and oxygen atoms in total. The molecule has 1 aliphatic carbocycles. The number of nitrogens with one attached hydrogen (secondary N) is 1. The lowest BCUT2D eigenvalue weighted by molar-refractivity contribution is 0.0614. The fourth-order valence-corrected chi connectivity index (χ4v) is 2.53. The van der Waals surface area contributed by atoms with Gasteiger partial charge in [0.2, 0.25) is 0 Å². The van der Waals surface area contributed by atoms with Crippen LogP contribution in [0, 0.1) is 0 Å². The van der Waals surface area contributed by atoms with Crippen LogP contribution in [0.15, 0.2) is 18.6 Å². The topological polar surface area (TPSA) is 88.5 Å². The van der Waals surface area contributed by atoms with Crippen LogP contribution in [0.3, 0.4) is 0 Å². The zero-order valence-corrected chi connectivity index (χ0v) is 10.1. The molecule has 1 fully saturated rings. The summed E-state index contributed by atoms with van der Waals surface area (Å²) in [4.78, 5) is 8.47. The highest BCUT2D eigenvalue weighted by atomic mass is 16.3. The molecule has 1 saturated carbocycles. The fourth-order valence-electron chi connectivity index (χ4n) is 2.53. The molecular weight excluding hydrogens is 230 g/mol. The van der Waals surface area contributed by atoms with Crippen LogP contribution in [0.25, 0.3) is 5.65 Å². The fraction of sp³-hybridized carbons (Fsp3) is 0.500. The minimum atomic E-state index is -0.615. The van der Waals surface area contributed by atoms with Gasteiger partial charge in [-0.2, -0.15) is 0 Å². The van der Waals surface area contributed by atoms with Crippen molar-refractivity contribution in [2.75, 3.05) is 17.6 Å². The molecule has 2 heterocycles. The molecule has 0 atom stereocenters. The first-order valence-electron chi connectivity index (χ1n) is 6.22. The molecule has 96 valence electrons. The standard InChI is InChI=1S/C12H17N5O/c13-9-7-17-6-5-14-11(17)10(16-9)15-8-12(18)3-1-2-4-12/h5-7,18H,1-4,8,13H2,(H,15,16). The highest BCUT2D eigenvalue weighted by Gasteiger charge is 2.31. The van der Waals surface area contributed by atoms with Crippen molar-refractivity contribution in [3.05, 3.63) is 18.6 Å². The summed E-state index contributed by atoms with van der Waals surface area (Å²) in [5, 5.41) is 13.5. The number of nitrogens with zero attached hydrogens (tertiary/aromatic N) is 3. The third-order valence-electron chi connectivity index (χ3n) is 3.51. The van der Waals surface area contributed by atoms with Crippen LogP contribution in [-0.2, 0) is 0 Å². The van der Waals surface area contributed by atoms with E-state index in [1.165, 1.54) is 0 Å². The third kappa shape index (κ3) is 1.99. The van der Waals surface area contributed by atoms with Gasteiger partial charge in [-0.05, 0) is 12.8 Å². The van der Waals surface area contributed by atoms with Gasteiger partial charge in [-0.25, -0.2) is 9.97 Å². The second-order valence-corrected chi connectivity index (χ2v) is 4.96. The molecule has 0 spiro atoms. The quantitative estimate of drug-likeness (QED) is 0.754. The number of hydrogen-bond acceptors (Lipinski definition) is 5. The summed E-state index contributed by atoms with van der Waals surface area (Å²) < 4.78 is 1.82. The number of anilines is 2. The number of aromatic nitrogens is 3. The molecule has 4 N–H and O–H groups in total. The van der Waals surface area contributed by atoms with Crippen LogP contribution in [-0.4, -0.2) is 31.6 Å². The van der Waals surface area contributed by atoms with Gasteiger partial charge in [0, 0.05) is 18.9 Å². The monoisotopic (exact) mass is 247 g/mol. The van der Waals surface area contributed by atoms with Gasteiger partial charge in [0.1, 0.15) is 5.82 Å². The van der Waals surface area contributed by atoms with Crippen LogP contribution in [0.4, 0.5) is 11.6 Å². The van der Waals surface area contributed by atoms with Crippen molar-refractivity contribution in [3.8, 4) is 0 Å². The van der Waals surface area contributed by atoms with Gasteiger partial charge in [0.15, 0.2) is 11.5 Å². The number of hydrogen-bond donors (Lipinski definition) is 3. The Morgan fingerprint density at radius 3 is 3.00 bits per heavy atom. The van der Waals surface area contributed by atoms with E-state index in [1.807, 2.05) is 10.6 Å². The average molecular weight is 247 g/mol. The predicted molar refractivity (Wildman–Crippen MR) is 69.3 cm³/mol. The number of nitrogen functional groups attached to an aromatic ring is 1. The Kier molecular flexibility index (Phi) is 2.59. The van der Waals surface area contributed by atoms with Crippen LogP contribution in [0.5, 0.6) is 0 Å². The van der Waals surface area contributed by atoms with Gasteiger partial charge in [-0.3, -0.25) is 0 Å². The Bertz CT molecular complexity index is 559. The highest BCUT2D eigenvalue weighted by molar-refractivity contribution is 5.64. The summed E-state index contributed by atoms with van der Waals surface area (Å²) in [7, 11) is 0. The van der Waals surface area contributed by atoms with Crippen molar-refractivity contribution in [2.24, 2.45) is 0 Å². The van der Waals surface area contributed by atoms with Crippen LogP contribution < -0.4 is 11.1 Å². The molecule has 0 aliphatic heterocycles. The van der Waals surface area contributed by atoms with E-state index in [-0.39, 0.29) is 0 Å². The maximum absolute atomic E-state index is 10.3. The summed E-state index contributed by atoms with van der Waals surface area (Å²) in [6.45, 7) is 0.492. The van der Waals surface area contributed by atoms with Crippen LogP contribution >= 0.6 is 0 Å². The van der Waals surface area contributed by atoms with Crippen molar-refractivity contribution in [1.29, 1.82) is 0 Å². The Balaban J connectivity index is 1.83. The molecule has 6 heteroatoms. The van der Waals surface area contributed by atoms with Crippen molar-refractivity contribution >= 4 is 17.3 Å². The molecule has 0 amide bonds. The maximum Gasteiger partial charge on any atom is 0.180 e. The molecule has 2 aromatic rings. The van der Waals surface area contributed by atoms with E-state index in [9.17, 15) is 5.11 Å². The smallest absolute Gasteiger partial charge is 0.180 e. The first-order chi connectivity index (χ1) is 8.66. The number of nitrogens with two attached hydrogens (primary N) is 1. The SMILES string of the molecule is Nc1cn2ccnc2c(NCC2(O)CCCC2)n1. The summed E-state index contributed by atoms with van der Waals surface area (Å²) in [6.07, 6.45) is 9.09. The predicted octanol–water partition coefficient (Wildman–Crippen LogP) is 1.03. The second-order valence-electron chi connectivity index (χ2n) is 4.96. The number of fused-ring (bicyclic) bond motifs is 1. The number of rotatable bonds is 3. The Morgan fingerprint density at radius 2 is 2.22 bits per heavy atom. The van der Waals surface area contributed by atoms with Gasteiger partial charge in [-0.15, -0.1) is 0 Å². The minimum absolute atomic E-state index is 0.432. The zero-order chi connectivity index (χ0) is 12.6. The summed E-state index contributed by atoms with van der Waals surface area (Å²) in [6, 6.07) is 0. The van der Waals surface area contributed by atoms with Crippen molar-refractivity contribution in [3.63, 3.8) is 0 Å². The van der Waals surface area contributed by atoms with E-state index in [0.29, 0.717) is 18.2 Å². The van der Waals surface area contributed by atoms with Crippen molar-refractivity contribution < 1.29 is 5.11 Å². The summed E-state index contributed by atoms with van der Waals surface area (Å²) in [5.74, 6) is 1.06. The Labute approximate surface area is 105 Å². The van der Waals surface area contributed by atoms with E-state index in [1.54, 1.807) is 12.4 Å². The summed E-state index contributed by atoms with van der Waals surface area (Å²) >= 11 is 0. The second kappa shape index (κ2) is 4.13. The highest BCUT2D eigenvalue weighted by Crippen LogP contribution is 2.29. The molecule has 1 aliphatic rings. The first kappa shape index (κ1) is 11.3. The normalized spacial score (nSPS) is 18.3. The lowest BCUT2D eigenvalue weighted by atomic mass is 10.0. The molecule has 2 aromatic heterocycles. The van der Waals surface area contributed by atoms with E-state index in [0.717, 1.165) is 31.3 Å². The lowest BCUT2D eigenvalue weighted by Gasteiger charge is -2.22.